The fourth-order valence-electron chi connectivity index (χ4n) is 10.2. The molecule has 0 aromatic rings. The number of esters is 3. The summed E-state index contributed by atoms with van der Waals surface area (Å²) in [6.45, 7) is 6.68. The maximum atomic E-state index is 12.9. The number of hydrogen-bond acceptors (Lipinski definition) is 6. The number of ether oxygens (including phenoxy) is 3. The Hall–Kier alpha value is -2.37. The second-order valence-corrected chi connectivity index (χ2v) is 23.1. The highest BCUT2D eigenvalue weighted by molar-refractivity contribution is 5.71. The molecule has 0 saturated carbocycles. The van der Waals surface area contributed by atoms with Crippen molar-refractivity contribution < 1.29 is 28.6 Å². The van der Waals surface area contributed by atoms with Gasteiger partial charge in [-0.25, -0.2) is 0 Å². The molecule has 6 nitrogen and oxygen atoms in total. The Kier molecular flexibility index (Phi) is 63.1. The summed E-state index contributed by atoms with van der Waals surface area (Å²) in [7, 11) is 0. The third-order valence-electron chi connectivity index (χ3n) is 15.4. The number of unbranched alkanes of at least 4 members (excludes halogenated alkanes) is 46. The summed E-state index contributed by atoms with van der Waals surface area (Å²) in [5, 5.41) is 0. The molecule has 446 valence electrons. The standard InChI is InChI=1S/C70H130O6/c1-4-7-10-13-16-19-22-25-28-30-31-32-33-34-35-36-37-38-39-40-43-45-48-51-54-57-60-63-69(72)75-66-67(65-74-68(71)62-59-56-53-50-47-44-41-27-24-21-18-15-12-9-6-3)76-70(73)64-61-58-55-52-49-46-42-29-26-23-20-17-14-11-8-5-2/h20,23,29-31,42,67H,4-19,21-22,24-28,32-41,43-66H2,1-3H3/b23-20-,31-30-,42-29-. The third kappa shape index (κ3) is 62.5. The summed E-state index contributed by atoms with van der Waals surface area (Å²) < 4.78 is 17.0. The van der Waals surface area contributed by atoms with E-state index in [4.69, 9.17) is 14.2 Å². The van der Waals surface area contributed by atoms with Crippen molar-refractivity contribution in [2.45, 2.75) is 380 Å². The van der Waals surface area contributed by atoms with Crippen LogP contribution < -0.4 is 0 Å². The third-order valence-corrected chi connectivity index (χ3v) is 15.4. The first-order valence-corrected chi connectivity index (χ1v) is 34.0. The van der Waals surface area contributed by atoms with Crippen LogP contribution in [0.3, 0.4) is 0 Å². The molecule has 0 fully saturated rings. The Morgan fingerprint density at radius 3 is 0.750 bits per heavy atom. The van der Waals surface area contributed by atoms with Gasteiger partial charge in [-0.15, -0.1) is 0 Å². The van der Waals surface area contributed by atoms with Gasteiger partial charge in [0.15, 0.2) is 6.10 Å². The molecule has 0 amide bonds. The van der Waals surface area contributed by atoms with Crippen LogP contribution in [0.2, 0.25) is 0 Å². The molecular formula is C70H130O6. The molecular weight excluding hydrogens is 937 g/mol. The summed E-state index contributed by atoms with van der Waals surface area (Å²) in [5.41, 5.74) is 0. The van der Waals surface area contributed by atoms with Crippen molar-refractivity contribution in [1.82, 2.24) is 0 Å². The Morgan fingerprint density at radius 1 is 0.263 bits per heavy atom. The summed E-state index contributed by atoms with van der Waals surface area (Å²) in [6, 6.07) is 0. The predicted molar refractivity (Wildman–Crippen MR) is 330 cm³/mol. The van der Waals surface area contributed by atoms with E-state index in [9.17, 15) is 14.4 Å². The van der Waals surface area contributed by atoms with Gasteiger partial charge in [-0.1, -0.05) is 314 Å². The molecule has 0 N–H and O–H groups in total. The van der Waals surface area contributed by atoms with E-state index in [1.54, 1.807) is 0 Å². The lowest BCUT2D eigenvalue weighted by atomic mass is 10.0. The molecule has 0 radical (unpaired) electrons. The molecule has 0 bridgehead atoms. The van der Waals surface area contributed by atoms with Gasteiger partial charge in [0.2, 0.25) is 0 Å². The predicted octanol–water partition coefficient (Wildman–Crippen LogP) is 23.2. The summed E-state index contributed by atoms with van der Waals surface area (Å²) in [6.07, 6.45) is 80.2. The zero-order valence-corrected chi connectivity index (χ0v) is 51.3. The lowest BCUT2D eigenvalue weighted by Crippen LogP contribution is -2.30. The first kappa shape index (κ1) is 73.6. The van der Waals surface area contributed by atoms with Gasteiger partial charge >= 0.3 is 17.9 Å². The van der Waals surface area contributed by atoms with Crippen LogP contribution in [0.1, 0.15) is 374 Å². The molecule has 0 heterocycles. The van der Waals surface area contributed by atoms with Gasteiger partial charge in [0.05, 0.1) is 0 Å². The lowest BCUT2D eigenvalue weighted by molar-refractivity contribution is -0.167. The molecule has 1 atom stereocenters. The molecule has 0 aromatic heterocycles. The van der Waals surface area contributed by atoms with Crippen molar-refractivity contribution in [3.05, 3.63) is 36.5 Å². The van der Waals surface area contributed by atoms with Crippen LogP contribution in [0.4, 0.5) is 0 Å². The monoisotopic (exact) mass is 1070 g/mol. The quantitative estimate of drug-likeness (QED) is 0.0261. The van der Waals surface area contributed by atoms with Crippen LogP contribution >= 0.6 is 0 Å². The molecule has 0 aliphatic rings. The van der Waals surface area contributed by atoms with Crippen LogP contribution in [0.5, 0.6) is 0 Å². The fourth-order valence-corrected chi connectivity index (χ4v) is 10.2. The number of carbonyl (C=O) groups is 3. The van der Waals surface area contributed by atoms with E-state index in [0.29, 0.717) is 19.3 Å². The largest absolute Gasteiger partial charge is 0.462 e. The molecule has 0 rings (SSSR count). The first-order valence-electron chi connectivity index (χ1n) is 34.0. The van der Waals surface area contributed by atoms with Crippen molar-refractivity contribution in [2.75, 3.05) is 13.2 Å². The van der Waals surface area contributed by atoms with Gasteiger partial charge in [0, 0.05) is 19.3 Å². The molecule has 76 heavy (non-hydrogen) atoms. The van der Waals surface area contributed by atoms with Gasteiger partial charge in [0.1, 0.15) is 13.2 Å². The zero-order valence-electron chi connectivity index (χ0n) is 51.3. The van der Waals surface area contributed by atoms with Gasteiger partial charge < -0.3 is 14.2 Å². The topological polar surface area (TPSA) is 78.9 Å². The fraction of sp³-hybridized carbons (Fsp3) is 0.871. The van der Waals surface area contributed by atoms with Crippen LogP contribution in [0.15, 0.2) is 36.5 Å². The number of rotatable bonds is 63. The van der Waals surface area contributed by atoms with Crippen molar-refractivity contribution in [3.63, 3.8) is 0 Å². The maximum absolute atomic E-state index is 12.9. The van der Waals surface area contributed by atoms with Crippen molar-refractivity contribution in [2.24, 2.45) is 0 Å². The van der Waals surface area contributed by atoms with E-state index in [2.05, 4.69) is 57.2 Å². The molecule has 0 aromatic carbocycles. The maximum Gasteiger partial charge on any atom is 0.306 e. The smallest absolute Gasteiger partial charge is 0.306 e. The van der Waals surface area contributed by atoms with Crippen molar-refractivity contribution >= 4 is 17.9 Å². The zero-order chi connectivity index (χ0) is 55.0. The molecule has 1 unspecified atom stereocenters. The Balaban J connectivity index is 4.23. The molecule has 6 heteroatoms. The molecule has 0 aliphatic heterocycles. The van der Waals surface area contributed by atoms with Gasteiger partial charge in [-0.2, -0.15) is 0 Å². The normalized spacial score (nSPS) is 12.2. The van der Waals surface area contributed by atoms with Crippen LogP contribution in [-0.4, -0.2) is 37.2 Å². The van der Waals surface area contributed by atoms with E-state index < -0.39 is 6.10 Å². The van der Waals surface area contributed by atoms with Crippen molar-refractivity contribution in [1.29, 1.82) is 0 Å². The highest BCUT2D eigenvalue weighted by Gasteiger charge is 2.19. The highest BCUT2D eigenvalue weighted by atomic mass is 16.6. The second-order valence-electron chi connectivity index (χ2n) is 23.1. The van der Waals surface area contributed by atoms with E-state index in [0.717, 1.165) is 77.0 Å². The summed E-state index contributed by atoms with van der Waals surface area (Å²) >= 11 is 0. The Bertz CT molecular complexity index is 1270. The minimum atomic E-state index is -0.777. The SMILES string of the molecule is CCCCCC/C=C\C/C=C\CCCCCCCC(=O)OC(COC(=O)CCCCCCCCCCCCCCCCC)COC(=O)CCCCCCCCCCCCCCCCC/C=C\CCCCCCCCCC. The van der Waals surface area contributed by atoms with Crippen molar-refractivity contribution in [3.8, 4) is 0 Å². The molecule has 0 saturated heterocycles. The highest BCUT2D eigenvalue weighted by Crippen LogP contribution is 2.18. The summed E-state index contributed by atoms with van der Waals surface area (Å²) in [5.74, 6) is -0.860. The van der Waals surface area contributed by atoms with Gasteiger partial charge in [-0.05, 0) is 77.0 Å². The molecule has 0 aliphatic carbocycles. The number of carbonyl (C=O) groups excluding carboxylic acids is 3. The van der Waals surface area contributed by atoms with Gasteiger partial charge in [-0.3, -0.25) is 14.4 Å². The lowest BCUT2D eigenvalue weighted by Gasteiger charge is -2.18. The van der Waals surface area contributed by atoms with Crippen LogP contribution in [0, 0.1) is 0 Å². The average Bonchev–Trinajstić information content (AvgIpc) is 3.42. The Morgan fingerprint density at radius 2 is 0.474 bits per heavy atom. The van der Waals surface area contributed by atoms with Gasteiger partial charge in [0.25, 0.3) is 0 Å². The number of allylic oxidation sites excluding steroid dienone is 6. The second kappa shape index (κ2) is 65.2. The minimum Gasteiger partial charge on any atom is -0.462 e. The van der Waals surface area contributed by atoms with E-state index in [1.165, 1.54) is 257 Å². The van der Waals surface area contributed by atoms with Crippen LogP contribution in [-0.2, 0) is 28.6 Å². The number of hydrogen-bond donors (Lipinski definition) is 0. The van der Waals surface area contributed by atoms with E-state index in [1.807, 2.05) is 0 Å². The summed E-state index contributed by atoms with van der Waals surface area (Å²) in [4.78, 5) is 38.3. The molecule has 0 spiro atoms. The van der Waals surface area contributed by atoms with Crippen LogP contribution in [0.25, 0.3) is 0 Å². The van der Waals surface area contributed by atoms with E-state index in [-0.39, 0.29) is 31.1 Å². The average molecular weight is 1070 g/mol. The minimum absolute atomic E-state index is 0.0728. The first-order chi connectivity index (χ1) is 37.5. The van der Waals surface area contributed by atoms with E-state index >= 15 is 0 Å². The Labute approximate surface area is 474 Å².